The fourth-order valence-electron chi connectivity index (χ4n) is 5.79. The summed E-state index contributed by atoms with van der Waals surface area (Å²) in [4.78, 5) is 16.2. The minimum atomic E-state index is -0.641. The molecule has 1 fully saturated rings. The molecule has 5 heteroatoms. The van der Waals surface area contributed by atoms with Crippen LogP contribution in [0.1, 0.15) is 85.8 Å². The number of hydrogen-bond acceptors (Lipinski definition) is 3. The Morgan fingerprint density at radius 1 is 0.949 bits per heavy atom. The van der Waals surface area contributed by atoms with Crippen molar-refractivity contribution in [2.75, 3.05) is 0 Å². The van der Waals surface area contributed by atoms with E-state index in [-0.39, 0.29) is 46.9 Å². The summed E-state index contributed by atoms with van der Waals surface area (Å²) in [6.45, 7) is 12.5. The third-order valence-corrected chi connectivity index (χ3v) is 8.22. The second-order valence-corrected chi connectivity index (χ2v) is 10.4. The fourth-order valence-corrected chi connectivity index (χ4v) is 5.79. The summed E-state index contributed by atoms with van der Waals surface area (Å²) < 4.78 is 14.1. The van der Waals surface area contributed by atoms with Crippen LogP contribution in [0, 0.1) is 26.6 Å². The van der Waals surface area contributed by atoms with Crippen LogP contribution >= 0.6 is 0 Å². The molecule has 0 bridgehead atoms. The fraction of sp³-hybridized carbons (Fsp3) is 0.353. The molecule has 0 atom stereocenters. The molecule has 0 saturated heterocycles. The van der Waals surface area contributed by atoms with Gasteiger partial charge >= 0.3 is 35.7 Å². The largest absolute Gasteiger partial charge is 1.00 e. The van der Waals surface area contributed by atoms with E-state index in [9.17, 15) is 9.50 Å². The summed E-state index contributed by atoms with van der Waals surface area (Å²) in [7, 11) is 0. The molecule has 1 saturated carbocycles. The van der Waals surface area contributed by atoms with Gasteiger partial charge in [-0.05, 0) is 78.5 Å². The smallest absolute Gasteiger partial charge is 0.386 e. The average Bonchev–Trinajstić information content (AvgIpc) is 3.33. The van der Waals surface area contributed by atoms with Crippen LogP contribution < -0.4 is 29.6 Å². The van der Waals surface area contributed by atoms with E-state index in [1.54, 1.807) is 12.1 Å². The zero-order chi connectivity index (χ0) is 27.9. The molecule has 3 nitrogen and oxygen atoms in total. The van der Waals surface area contributed by atoms with Crippen LogP contribution in [0.15, 0.2) is 60.7 Å². The van der Waals surface area contributed by atoms with Crippen molar-refractivity contribution in [2.24, 2.45) is 0 Å². The Bertz CT molecular complexity index is 1330. The topological polar surface area (TPSA) is 54.4 Å². The molecular formula is C34H38FNaO3. The average molecular weight is 537 g/mol. The molecule has 0 heterocycles. The van der Waals surface area contributed by atoms with Crippen molar-refractivity contribution in [1.82, 2.24) is 0 Å². The standard InChI is InChI=1S/C33H38FO.CO2.Na/c1-6-33(7-2,28-13-12-26(24(4)20-28)16-19-32(35)17-8-9-18-32)29-14-15-30(25(5)21-29)27-11-10-23(3)31(34)22-27;2-1-3;/h10-16,19-22,35H,3,6-9,17-18H2,1-2,4-5H3;;/q-1;;+1/b19-16+;;. The Labute approximate surface area is 254 Å². The van der Waals surface area contributed by atoms with E-state index >= 15 is 0 Å². The van der Waals surface area contributed by atoms with Crippen molar-refractivity contribution >= 4 is 12.2 Å². The van der Waals surface area contributed by atoms with E-state index in [2.05, 4.69) is 77.1 Å². The van der Waals surface area contributed by atoms with E-state index in [0.717, 1.165) is 60.8 Å². The Morgan fingerprint density at radius 3 is 2.03 bits per heavy atom. The Hall–Kier alpha value is -2.46. The molecule has 1 N–H and O–H groups in total. The minimum absolute atomic E-state index is 0. The van der Waals surface area contributed by atoms with Crippen LogP contribution in [0.2, 0.25) is 0 Å². The molecular weight excluding hydrogens is 498 g/mol. The van der Waals surface area contributed by atoms with Crippen molar-refractivity contribution in [2.45, 2.75) is 77.2 Å². The number of rotatable bonds is 7. The van der Waals surface area contributed by atoms with Gasteiger partial charge in [0.25, 0.3) is 0 Å². The summed E-state index contributed by atoms with van der Waals surface area (Å²) in [5.41, 5.74) is 7.76. The first-order chi connectivity index (χ1) is 18.1. The molecule has 0 aromatic heterocycles. The summed E-state index contributed by atoms with van der Waals surface area (Å²) in [6, 6.07) is 18.7. The molecule has 0 amide bonds. The molecule has 0 radical (unpaired) electrons. The molecule has 3 aromatic carbocycles. The Kier molecular flexibility index (Phi) is 12.0. The number of hydrogen-bond donors (Lipinski definition) is 1. The molecule has 4 rings (SSSR count). The van der Waals surface area contributed by atoms with E-state index in [0.29, 0.717) is 5.56 Å². The van der Waals surface area contributed by atoms with Crippen LogP contribution in [0.25, 0.3) is 17.2 Å². The third kappa shape index (κ3) is 7.39. The quantitative estimate of drug-likeness (QED) is 0.336. The first-order valence-corrected chi connectivity index (χ1v) is 13.4. The van der Waals surface area contributed by atoms with E-state index in [4.69, 9.17) is 9.59 Å². The van der Waals surface area contributed by atoms with Crippen molar-refractivity contribution in [3.05, 3.63) is 107 Å². The monoisotopic (exact) mass is 536 g/mol. The van der Waals surface area contributed by atoms with Gasteiger partial charge in [-0.3, -0.25) is 4.39 Å². The zero-order valence-electron chi connectivity index (χ0n) is 23.9. The van der Waals surface area contributed by atoms with E-state index < -0.39 is 5.60 Å². The van der Waals surface area contributed by atoms with Crippen LogP contribution in [-0.2, 0) is 15.0 Å². The minimum Gasteiger partial charge on any atom is -0.386 e. The van der Waals surface area contributed by atoms with Gasteiger partial charge in [-0.2, -0.15) is 28.1 Å². The van der Waals surface area contributed by atoms with Gasteiger partial charge in [-0.25, -0.2) is 0 Å². The maximum atomic E-state index is 14.1. The molecule has 0 unspecified atom stereocenters. The Morgan fingerprint density at radius 2 is 1.51 bits per heavy atom. The SMILES string of the molecule is O=C=O.[CH2-]c1ccc(-c2ccc(C(CC)(CC)c3ccc(/C=C/C4(O)CCCC4)c(C)c3)cc2C)cc1F.[Na+]. The number of carbonyl (C=O) groups excluding carboxylic acids is 2. The molecule has 200 valence electrons. The number of aliphatic hydroxyl groups is 1. The number of benzene rings is 3. The molecule has 3 aromatic rings. The number of halogens is 1. The van der Waals surface area contributed by atoms with Gasteiger partial charge in [0.2, 0.25) is 0 Å². The van der Waals surface area contributed by atoms with Gasteiger partial charge in [0.05, 0.1) is 5.60 Å². The molecule has 1 aliphatic carbocycles. The maximum absolute atomic E-state index is 14.1. The summed E-state index contributed by atoms with van der Waals surface area (Å²) in [6.07, 6.45) is 10.2. The normalized spacial score (nSPS) is 14.3. The van der Waals surface area contributed by atoms with Gasteiger partial charge < -0.3 is 5.11 Å². The zero-order valence-corrected chi connectivity index (χ0v) is 25.9. The first kappa shape index (κ1) is 32.8. The second-order valence-electron chi connectivity index (χ2n) is 10.4. The van der Waals surface area contributed by atoms with Gasteiger partial charge in [-0.15, -0.1) is 6.07 Å². The van der Waals surface area contributed by atoms with Crippen LogP contribution in [0.3, 0.4) is 0 Å². The number of aryl methyl sites for hydroxylation is 2. The predicted molar refractivity (Wildman–Crippen MR) is 151 cm³/mol. The van der Waals surface area contributed by atoms with Crippen LogP contribution in [0.4, 0.5) is 4.39 Å². The molecule has 39 heavy (non-hydrogen) atoms. The van der Waals surface area contributed by atoms with E-state index in [1.165, 1.54) is 16.7 Å². The van der Waals surface area contributed by atoms with Gasteiger partial charge in [-0.1, -0.05) is 81.3 Å². The molecule has 0 aliphatic heterocycles. The van der Waals surface area contributed by atoms with Crippen molar-refractivity contribution in [3.8, 4) is 11.1 Å². The van der Waals surface area contributed by atoms with Crippen molar-refractivity contribution in [1.29, 1.82) is 0 Å². The first-order valence-electron chi connectivity index (χ1n) is 13.4. The van der Waals surface area contributed by atoms with Gasteiger partial charge in [0.15, 0.2) is 0 Å². The van der Waals surface area contributed by atoms with Gasteiger partial charge in [0.1, 0.15) is 0 Å². The third-order valence-electron chi connectivity index (χ3n) is 8.22. The second kappa shape index (κ2) is 14.3. The van der Waals surface area contributed by atoms with Crippen molar-refractivity contribution in [3.63, 3.8) is 0 Å². The molecule has 1 aliphatic rings. The summed E-state index contributed by atoms with van der Waals surface area (Å²) >= 11 is 0. The van der Waals surface area contributed by atoms with Crippen molar-refractivity contribution < 1.29 is 48.6 Å². The summed E-state index contributed by atoms with van der Waals surface area (Å²) in [5.74, 6) is -0.271. The molecule has 0 spiro atoms. The Balaban J connectivity index is 0.00000127. The van der Waals surface area contributed by atoms with Crippen LogP contribution in [-0.4, -0.2) is 16.9 Å². The van der Waals surface area contributed by atoms with E-state index in [1.807, 2.05) is 12.1 Å². The predicted octanol–water partition coefficient (Wildman–Crippen LogP) is 5.14. The van der Waals surface area contributed by atoms with Gasteiger partial charge in [0, 0.05) is 11.2 Å². The summed E-state index contributed by atoms with van der Waals surface area (Å²) in [5, 5.41) is 10.7. The maximum Gasteiger partial charge on any atom is 1.00 e. The van der Waals surface area contributed by atoms with Crippen LogP contribution in [0.5, 0.6) is 0 Å².